The van der Waals surface area contributed by atoms with Crippen molar-refractivity contribution >= 4 is 22.7 Å². The van der Waals surface area contributed by atoms with Gasteiger partial charge in [-0.1, -0.05) is 0 Å². The molecule has 24 heavy (non-hydrogen) atoms. The van der Waals surface area contributed by atoms with Crippen LogP contribution >= 0.6 is 0 Å². The number of rotatable bonds is 4. The van der Waals surface area contributed by atoms with Gasteiger partial charge in [-0.2, -0.15) is 0 Å². The molecule has 2 heterocycles. The average molecular weight is 353 g/mol. The van der Waals surface area contributed by atoms with Crippen molar-refractivity contribution in [3.63, 3.8) is 0 Å². The van der Waals surface area contributed by atoms with E-state index in [1.807, 2.05) is 26.8 Å². The van der Waals surface area contributed by atoms with Crippen LogP contribution < -0.4 is 10.2 Å². The zero-order valence-electron chi connectivity index (χ0n) is 15.0. The van der Waals surface area contributed by atoms with E-state index in [4.69, 9.17) is 0 Å². The molecule has 1 N–H and O–H groups in total. The number of aliphatic imine (C=N–C) groups is 1. The van der Waals surface area contributed by atoms with Crippen LogP contribution in [-0.4, -0.2) is 75.3 Å². The van der Waals surface area contributed by atoms with Crippen LogP contribution in [0.5, 0.6) is 0 Å². The van der Waals surface area contributed by atoms with Crippen molar-refractivity contribution in [3.05, 3.63) is 18.5 Å². The van der Waals surface area contributed by atoms with Gasteiger partial charge in [-0.15, -0.1) is 0 Å². The third-order valence-corrected chi connectivity index (χ3v) is 5.82. The molecule has 1 aliphatic heterocycles. The molecular formula is C16H28N6OS. The van der Waals surface area contributed by atoms with Crippen molar-refractivity contribution in [1.29, 1.82) is 0 Å². The second-order valence-electron chi connectivity index (χ2n) is 6.66. The van der Waals surface area contributed by atoms with Gasteiger partial charge in [0.2, 0.25) is 5.95 Å². The minimum atomic E-state index is -0.852. The zero-order valence-corrected chi connectivity index (χ0v) is 15.8. The Balaban J connectivity index is 1.80. The normalized spacial score (nSPS) is 17.8. The molecular weight excluding hydrogens is 324 g/mol. The molecule has 0 spiro atoms. The maximum atomic E-state index is 12.1. The SMILES string of the molecule is CN=C(NCCS(=O)C(C)(C)C)N1CCN(c2ncccn2)CC1. The van der Waals surface area contributed by atoms with Gasteiger partial charge < -0.3 is 15.1 Å². The number of nitrogens with zero attached hydrogens (tertiary/aromatic N) is 5. The number of hydrogen-bond donors (Lipinski definition) is 1. The van der Waals surface area contributed by atoms with E-state index in [-0.39, 0.29) is 4.75 Å². The van der Waals surface area contributed by atoms with Crippen LogP contribution in [0, 0.1) is 0 Å². The standard InChI is InChI=1S/C16H28N6OS/c1-16(2,3)24(23)13-8-20-14(17-4)21-9-11-22(12-10-21)15-18-6-5-7-19-15/h5-7H,8-13H2,1-4H3,(H,17,20). The summed E-state index contributed by atoms with van der Waals surface area (Å²) in [5.41, 5.74) is 0. The lowest BCUT2D eigenvalue weighted by atomic mass is 10.3. The van der Waals surface area contributed by atoms with Crippen LogP contribution in [0.1, 0.15) is 20.8 Å². The highest BCUT2D eigenvalue weighted by Gasteiger charge is 2.22. The third-order valence-electron chi connectivity index (χ3n) is 3.88. The molecule has 1 fully saturated rings. The van der Waals surface area contributed by atoms with Gasteiger partial charge in [0.1, 0.15) is 0 Å². The van der Waals surface area contributed by atoms with Gasteiger partial charge in [0.25, 0.3) is 0 Å². The Morgan fingerprint density at radius 1 is 1.25 bits per heavy atom. The Kier molecular flexibility index (Phi) is 6.53. The van der Waals surface area contributed by atoms with Crippen molar-refractivity contribution in [2.24, 2.45) is 4.99 Å². The molecule has 0 amide bonds. The lowest BCUT2D eigenvalue weighted by Crippen LogP contribution is -2.53. The molecule has 1 saturated heterocycles. The predicted octanol–water partition coefficient (Wildman–Crippen LogP) is 0.721. The van der Waals surface area contributed by atoms with Crippen molar-refractivity contribution in [2.75, 3.05) is 50.4 Å². The second kappa shape index (κ2) is 8.41. The van der Waals surface area contributed by atoms with Crippen molar-refractivity contribution in [3.8, 4) is 0 Å². The number of anilines is 1. The van der Waals surface area contributed by atoms with E-state index in [0.717, 1.165) is 38.1 Å². The van der Waals surface area contributed by atoms with E-state index in [2.05, 4.69) is 30.1 Å². The fourth-order valence-electron chi connectivity index (χ4n) is 2.47. The van der Waals surface area contributed by atoms with Crippen molar-refractivity contribution in [2.45, 2.75) is 25.5 Å². The largest absolute Gasteiger partial charge is 0.355 e. The van der Waals surface area contributed by atoms with Gasteiger partial charge in [0.15, 0.2) is 5.96 Å². The highest BCUT2D eigenvalue weighted by atomic mass is 32.2. The summed E-state index contributed by atoms with van der Waals surface area (Å²) in [7, 11) is 0.935. The van der Waals surface area contributed by atoms with Crippen LogP contribution in [0.15, 0.2) is 23.5 Å². The predicted molar refractivity (Wildman–Crippen MR) is 99.9 cm³/mol. The summed E-state index contributed by atoms with van der Waals surface area (Å²) in [6.07, 6.45) is 3.54. The number of nitrogens with one attached hydrogen (secondary N) is 1. The lowest BCUT2D eigenvalue weighted by Gasteiger charge is -2.36. The minimum Gasteiger partial charge on any atom is -0.355 e. The molecule has 0 radical (unpaired) electrons. The summed E-state index contributed by atoms with van der Waals surface area (Å²) >= 11 is 0. The van der Waals surface area contributed by atoms with Crippen LogP contribution in [0.2, 0.25) is 0 Å². The quantitative estimate of drug-likeness (QED) is 0.636. The van der Waals surface area contributed by atoms with Crippen LogP contribution in [-0.2, 0) is 10.8 Å². The van der Waals surface area contributed by atoms with Crippen molar-refractivity contribution in [1.82, 2.24) is 20.2 Å². The zero-order chi connectivity index (χ0) is 17.6. The molecule has 2 rings (SSSR count). The topological polar surface area (TPSA) is 73.7 Å². The lowest BCUT2D eigenvalue weighted by molar-refractivity contribution is 0.371. The fourth-order valence-corrected chi connectivity index (χ4v) is 3.37. The summed E-state index contributed by atoms with van der Waals surface area (Å²) < 4.78 is 11.9. The second-order valence-corrected chi connectivity index (χ2v) is 8.98. The first-order chi connectivity index (χ1) is 11.4. The monoisotopic (exact) mass is 352 g/mol. The van der Waals surface area contributed by atoms with E-state index in [1.54, 1.807) is 19.4 Å². The molecule has 1 aromatic rings. The summed E-state index contributed by atoms with van der Waals surface area (Å²) in [4.78, 5) is 17.4. The average Bonchev–Trinajstić information content (AvgIpc) is 2.59. The van der Waals surface area contributed by atoms with Gasteiger partial charge in [0, 0.05) is 73.5 Å². The first-order valence-electron chi connectivity index (χ1n) is 8.28. The Bertz CT molecular complexity index is 564. The van der Waals surface area contributed by atoms with Gasteiger partial charge in [-0.3, -0.25) is 9.20 Å². The molecule has 1 unspecified atom stereocenters. The number of guanidine groups is 1. The molecule has 1 atom stereocenters. The number of aromatic nitrogens is 2. The molecule has 0 bridgehead atoms. The molecule has 1 aromatic heterocycles. The Morgan fingerprint density at radius 2 is 1.88 bits per heavy atom. The molecule has 0 aromatic carbocycles. The smallest absolute Gasteiger partial charge is 0.225 e. The van der Waals surface area contributed by atoms with E-state index in [1.165, 1.54) is 0 Å². The first kappa shape index (κ1) is 18.6. The van der Waals surface area contributed by atoms with Gasteiger partial charge in [-0.25, -0.2) is 9.97 Å². The van der Waals surface area contributed by atoms with E-state index >= 15 is 0 Å². The molecule has 0 saturated carbocycles. The third kappa shape index (κ3) is 5.15. The maximum absolute atomic E-state index is 12.1. The maximum Gasteiger partial charge on any atom is 0.225 e. The van der Waals surface area contributed by atoms with Crippen molar-refractivity contribution < 1.29 is 4.21 Å². The minimum absolute atomic E-state index is 0.174. The first-order valence-corrected chi connectivity index (χ1v) is 9.60. The summed E-state index contributed by atoms with van der Waals surface area (Å²) in [5.74, 6) is 2.27. The molecule has 8 heteroatoms. The van der Waals surface area contributed by atoms with Crippen LogP contribution in [0.25, 0.3) is 0 Å². The fraction of sp³-hybridized carbons (Fsp3) is 0.688. The van der Waals surface area contributed by atoms with E-state index in [0.29, 0.717) is 12.3 Å². The number of hydrogen-bond acceptors (Lipinski definition) is 5. The summed E-state index contributed by atoms with van der Waals surface area (Å²) in [5, 5.41) is 3.33. The van der Waals surface area contributed by atoms with Gasteiger partial charge >= 0.3 is 0 Å². The Labute approximate surface area is 147 Å². The molecule has 0 aliphatic carbocycles. The Morgan fingerprint density at radius 3 is 2.42 bits per heavy atom. The van der Waals surface area contributed by atoms with Crippen LogP contribution in [0.4, 0.5) is 5.95 Å². The molecule has 1 aliphatic rings. The van der Waals surface area contributed by atoms with Crippen LogP contribution in [0.3, 0.4) is 0 Å². The number of piperazine rings is 1. The summed E-state index contributed by atoms with van der Waals surface area (Å²) in [6, 6.07) is 1.83. The molecule has 134 valence electrons. The highest BCUT2D eigenvalue weighted by molar-refractivity contribution is 7.86. The highest BCUT2D eigenvalue weighted by Crippen LogP contribution is 2.11. The van der Waals surface area contributed by atoms with Gasteiger partial charge in [0.05, 0.1) is 0 Å². The molecule has 7 nitrogen and oxygen atoms in total. The van der Waals surface area contributed by atoms with E-state index < -0.39 is 10.8 Å². The van der Waals surface area contributed by atoms with Gasteiger partial charge in [-0.05, 0) is 26.8 Å². The Hall–Kier alpha value is -1.70. The summed E-state index contributed by atoms with van der Waals surface area (Å²) in [6.45, 7) is 10.1. The van der Waals surface area contributed by atoms with E-state index in [9.17, 15) is 4.21 Å².